The summed E-state index contributed by atoms with van der Waals surface area (Å²) < 4.78 is 0.696. The van der Waals surface area contributed by atoms with Crippen molar-refractivity contribution in [3.05, 3.63) is 21.3 Å². The lowest BCUT2D eigenvalue weighted by Gasteiger charge is -2.21. The van der Waals surface area contributed by atoms with Crippen molar-refractivity contribution in [1.82, 2.24) is 15.5 Å². The van der Waals surface area contributed by atoms with E-state index in [-0.39, 0.29) is 0 Å². The highest BCUT2D eigenvalue weighted by atomic mass is 35.5. The second-order valence-corrected chi connectivity index (χ2v) is 8.27. The van der Waals surface area contributed by atoms with E-state index in [4.69, 9.17) is 11.6 Å². The van der Waals surface area contributed by atoms with E-state index >= 15 is 0 Å². The zero-order valence-electron chi connectivity index (χ0n) is 13.6. The van der Waals surface area contributed by atoms with E-state index in [1.165, 1.54) is 24.2 Å². The molecule has 0 amide bonds. The first-order valence-corrected chi connectivity index (χ1v) is 9.40. The number of likely N-dealkylation sites (tertiary alicyclic amines) is 1. The van der Waals surface area contributed by atoms with Crippen molar-refractivity contribution in [1.29, 1.82) is 0 Å². The minimum Gasteiger partial charge on any atom is -0.386 e. The lowest BCUT2D eigenvalue weighted by atomic mass is 10.1. The highest BCUT2D eigenvalue weighted by Crippen LogP contribution is 2.31. The average molecular weight is 357 g/mol. The molecule has 0 radical (unpaired) electrons. The molecule has 0 spiro atoms. The van der Waals surface area contributed by atoms with Crippen molar-refractivity contribution < 1.29 is 5.11 Å². The Bertz CT molecular complexity index is 560. The lowest BCUT2D eigenvalue weighted by Crippen LogP contribution is -2.47. The summed E-state index contributed by atoms with van der Waals surface area (Å²) in [6.45, 7) is 4.95. The van der Waals surface area contributed by atoms with Gasteiger partial charge in [0.05, 0.1) is 4.34 Å². The number of guanidine groups is 1. The average Bonchev–Trinajstić information content (AvgIpc) is 3.20. The summed E-state index contributed by atoms with van der Waals surface area (Å²) in [7, 11) is 1.77. The van der Waals surface area contributed by atoms with E-state index < -0.39 is 6.10 Å². The van der Waals surface area contributed by atoms with Crippen LogP contribution in [0, 0.1) is 5.92 Å². The van der Waals surface area contributed by atoms with Gasteiger partial charge in [0.2, 0.25) is 0 Å². The molecule has 0 bridgehead atoms. The summed E-state index contributed by atoms with van der Waals surface area (Å²) in [4.78, 5) is 7.73. The minimum atomic E-state index is -0.574. The van der Waals surface area contributed by atoms with Crippen LogP contribution in [-0.2, 0) is 0 Å². The Kier molecular flexibility index (Phi) is 5.46. The molecule has 0 aromatic carbocycles. The number of aliphatic hydroxyl groups is 1. The van der Waals surface area contributed by atoms with Gasteiger partial charge in [-0.1, -0.05) is 18.5 Å². The van der Waals surface area contributed by atoms with Gasteiger partial charge in [-0.3, -0.25) is 9.89 Å². The fourth-order valence-electron chi connectivity index (χ4n) is 3.10. The van der Waals surface area contributed by atoms with Crippen molar-refractivity contribution in [3.63, 3.8) is 0 Å². The topological polar surface area (TPSA) is 59.9 Å². The molecule has 1 saturated heterocycles. The molecule has 1 aliphatic carbocycles. The van der Waals surface area contributed by atoms with Crippen LogP contribution in [0.4, 0.5) is 0 Å². The molecule has 1 aromatic heterocycles. The van der Waals surface area contributed by atoms with Crippen molar-refractivity contribution in [2.45, 2.75) is 38.0 Å². The van der Waals surface area contributed by atoms with E-state index in [2.05, 4.69) is 27.4 Å². The molecule has 128 valence electrons. The first-order chi connectivity index (χ1) is 11.1. The summed E-state index contributed by atoms with van der Waals surface area (Å²) in [5, 5.41) is 16.9. The zero-order chi connectivity index (χ0) is 16.4. The van der Waals surface area contributed by atoms with Crippen LogP contribution in [0.25, 0.3) is 0 Å². The Morgan fingerprint density at radius 3 is 2.87 bits per heavy atom. The van der Waals surface area contributed by atoms with E-state index in [0.29, 0.717) is 22.8 Å². The molecule has 3 rings (SSSR count). The van der Waals surface area contributed by atoms with Gasteiger partial charge in [-0.2, -0.15) is 0 Å². The summed E-state index contributed by atoms with van der Waals surface area (Å²) in [6.07, 6.45) is 2.12. The molecule has 2 fully saturated rings. The second kappa shape index (κ2) is 7.38. The third-order valence-corrected chi connectivity index (χ3v) is 5.97. The molecule has 1 saturated carbocycles. The van der Waals surface area contributed by atoms with E-state index in [0.717, 1.165) is 30.0 Å². The summed E-state index contributed by atoms with van der Waals surface area (Å²) in [5.74, 6) is 1.36. The van der Waals surface area contributed by atoms with Crippen molar-refractivity contribution >= 4 is 28.9 Å². The number of rotatable bonds is 5. The number of aliphatic imine (C=N–C) groups is 1. The molecule has 7 heteroatoms. The van der Waals surface area contributed by atoms with Crippen LogP contribution in [-0.4, -0.2) is 54.7 Å². The Morgan fingerprint density at radius 1 is 1.48 bits per heavy atom. The maximum atomic E-state index is 10.2. The maximum Gasteiger partial charge on any atom is 0.191 e. The summed E-state index contributed by atoms with van der Waals surface area (Å²) in [6, 6.07) is 4.90. The van der Waals surface area contributed by atoms with Gasteiger partial charge in [-0.15, -0.1) is 11.3 Å². The molecular formula is C16H25ClN4OS. The minimum absolute atomic E-state index is 0.412. The third-order valence-electron chi connectivity index (χ3n) is 4.63. The quantitative estimate of drug-likeness (QED) is 0.558. The molecule has 1 aliphatic heterocycles. The van der Waals surface area contributed by atoms with Crippen LogP contribution in [0.2, 0.25) is 4.34 Å². The number of nitrogens with one attached hydrogen (secondary N) is 2. The van der Waals surface area contributed by atoms with Gasteiger partial charge in [0.1, 0.15) is 6.10 Å². The molecular weight excluding hydrogens is 332 g/mol. The highest BCUT2D eigenvalue weighted by Gasteiger charge is 2.38. The maximum absolute atomic E-state index is 10.2. The van der Waals surface area contributed by atoms with Crippen LogP contribution >= 0.6 is 22.9 Å². The first kappa shape index (κ1) is 17.0. The van der Waals surface area contributed by atoms with Crippen molar-refractivity contribution in [2.75, 3.05) is 26.7 Å². The van der Waals surface area contributed by atoms with Gasteiger partial charge < -0.3 is 15.7 Å². The first-order valence-electron chi connectivity index (χ1n) is 8.21. The Hall–Kier alpha value is -0.820. The molecule has 23 heavy (non-hydrogen) atoms. The van der Waals surface area contributed by atoms with Gasteiger partial charge in [0.25, 0.3) is 0 Å². The van der Waals surface area contributed by atoms with Gasteiger partial charge in [-0.05, 0) is 30.9 Å². The fraction of sp³-hybridized carbons (Fsp3) is 0.688. The second-order valence-electron chi connectivity index (χ2n) is 6.52. The van der Waals surface area contributed by atoms with Gasteiger partial charge in [0, 0.05) is 43.6 Å². The number of hydrogen-bond acceptors (Lipinski definition) is 4. The van der Waals surface area contributed by atoms with Crippen LogP contribution < -0.4 is 10.6 Å². The van der Waals surface area contributed by atoms with Crippen molar-refractivity contribution in [3.8, 4) is 0 Å². The number of halogens is 1. The Labute approximate surface area is 146 Å². The Balaban J connectivity index is 1.48. The summed E-state index contributed by atoms with van der Waals surface area (Å²) in [5.41, 5.74) is 0. The smallest absolute Gasteiger partial charge is 0.191 e. The number of nitrogens with zero attached hydrogens (tertiary/aromatic N) is 2. The van der Waals surface area contributed by atoms with Gasteiger partial charge in [0.15, 0.2) is 5.96 Å². The number of hydrogen-bond donors (Lipinski definition) is 3. The normalized spacial score (nSPS) is 27.2. The van der Waals surface area contributed by atoms with Crippen LogP contribution in [0.15, 0.2) is 17.1 Å². The molecule has 3 unspecified atom stereocenters. The molecule has 3 N–H and O–H groups in total. The van der Waals surface area contributed by atoms with E-state index in [9.17, 15) is 5.11 Å². The number of thiophene rings is 1. The fourth-order valence-corrected chi connectivity index (χ4v) is 4.15. The van der Waals surface area contributed by atoms with Gasteiger partial charge in [-0.25, -0.2) is 0 Å². The van der Waals surface area contributed by atoms with Gasteiger partial charge >= 0.3 is 0 Å². The van der Waals surface area contributed by atoms with Crippen LogP contribution in [0.1, 0.15) is 30.7 Å². The van der Waals surface area contributed by atoms with E-state index in [1.54, 1.807) is 7.05 Å². The molecule has 2 aliphatic rings. The predicted molar refractivity (Wildman–Crippen MR) is 96.3 cm³/mol. The van der Waals surface area contributed by atoms with Crippen molar-refractivity contribution in [2.24, 2.45) is 10.9 Å². The Morgan fingerprint density at radius 2 is 2.26 bits per heavy atom. The summed E-state index contributed by atoms with van der Waals surface area (Å²) >= 11 is 7.32. The largest absolute Gasteiger partial charge is 0.386 e. The number of aliphatic hydroxyl groups excluding tert-OH is 1. The standard InChI is InChI=1S/C16H25ClN4OS/c1-10-8-21(11-3-4-11)9-12(10)20-16(18-2)19-7-13(22)14-5-6-15(17)23-14/h5-6,10-13,22H,3-4,7-9H2,1-2H3,(H2,18,19,20). The molecule has 2 heterocycles. The van der Waals surface area contributed by atoms with Crippen LogP contribution in [0.3, 0.4) is 0 Å². The SMILES string of the molecule is CN=C(NCC(O)c1ccc(Cl)s1)NC1CN(C2CC2)CC1C. The molecule has 3 atom stereocenters. The zero-order valence-corrected chi connectivity index (χ0v) is 15.2. The van der Waals surface area contributed by atoms with Crippen LogP contribution in [0.5, 0.6) is 0 Å². The third kappa shape index (κ3) is 4.38. The molecule has 5 nitrogen and oxygen atoms in total. The van der Waals surface area contributed by atoms with E-state index in [1.807, 2.05) is 12.1 Å². The molecule has 1 aromatic rings. The highest BCUT2D eigenvalue weighted by molar-refractivity contribution is 7.16. The lowest BCUT2D eigenvalue weighted by molar-refractivity contribution is 0.184. The monoisotopic (exact) mass is 356 g/mol. The predicted octanol–water partition coefficient (Wildman–Crippen LogP) is 2.08.